The van der Waals surface area contributed by atoms with E-state index in [1.165, 1.54) is 0 Å². The lowest BCUT2D eigenvalue weighted by atomic mass is 9.56. The molecule has 6 nitrogen and oxygen atoms in total. The Hall–Kier alpha value is -0.760. The maximum absolute atomic E-state index is 12.3. The Morgan fingerprint density at radius 3 is 2.24 bits per heavy atom. The van der Waals surface area contributed by atoms with Crippen LogP contribution in [0.4, 0.5) is 0 Å². The molecule has 5 aliphatic rings. The van der Waals surface area contributed by atoms with Crippen LogP contribution in [0.2, 0.25) is 0 Å². The highest BCUT2D eigenvalue weighted by molar-refractivity contribution is 5.43. The molecule has 2 saturated heterocycles. The molecule has 0 bridgehead atoms. The van der Waals surface area contributed by atoms with E-state index in [1.807, 2.05) is 27.7 Å². The fourth-order valence-corrected chi connectivity index (χ4v) is 8.46. The molecule has 2 aliphatic heterocycles. The van der Waals surface area contributed by atoms with Gasteiger partial charge in [0.2, 0.25) is 0 Å². The first-order chi connectivity index (χ1) is 15.0. The van der Waals surface area contributed by atoms with E-state index in [0.29, 0.717) is 13.0 Å². The van der Waals surface area contributed by atoms with Crippen LogP contribution in [-0.4, -0.2) is 57.9 Å². The van der Waals surface area contributed by atoms with Gasteiger partial charge in [0.15, 0.2) is 11.6 Å². The summed E-state index contributed by atoms with van der Waals surface area (Å²) in [5, 5.41) is 24.0. The number of ether oxygens (including phenoxy) is 4. The van der Waals surface area contributed by atoms with E-state index >= 15 is 0 Å². The van der Waals surface area contributed by atoms with Gasteiger partial charge in [0, 0.05) is 5.92 Å². The lowest BCUT2D eigenvalue weighted by molar-refractivity contribution is -0.316. The zero-order chi connectivity index (χ0) is 24.6. The third-order valence-corrected chi connectivity index (χ3v) is 9.80. The fourth-order valence-electron chi connectivity index (χ4n) is 8.46. The number of fused-ring (bicyclic) bond motifs is 3. The van der Waals surface area contributed by atoms with Gasteiger partial charge in [-0.05, 0) is 69.4 Å². The second-order valence-corrected chi connectivity index (χ2v) is 13.0. The third-order valence-electron chi connectivity index (χ3n) is 9.80. The van der Waals surface area contributed by atoms with Crippen LogP contribution < -0.4 is 0 Å². The molecule has 9 atom stereocenters. The third kappa shape index (κ3) is 2.71. The van der Waals surface area contributed by atoms with E-state index < -0.39 is 46.5 Å². The van der Waals surface area contributed by atoms with Crippen molar-refractivity contribution in [2.45, 2.75) is 110 Å². The second kappa shape index (κ2) is 6.51. The number of aliphatic hydroxyl groups is 2. The van der Waals surface area contributed by atoms with Crippen LogP contribution >= 0.6 is 0 Å². The Kier molecular flexibility index (Phi) is 4.73. The van der Waals surface area contributed by atoms with Gasteiger partial charge in [0.05, 0.1) is 23.7 Å². The molecule has 0 aromatic carbocycles. The standard InChI is InChI=1S/C27H42O6/c1-14-11-25(16(3)12-26(29)18(22(26,5)6)17(4)19(25)28)27(20(14)32-24(9,10)33-27)21-15(2)13-30-23(7,8)31-21/h11,16-21,28-29H,2,12-13H2,1,3-10H3/t16-,17+,18-,19?,20+,21-,25+,26+,27-/m1/s1. The second-order valence-electron chi connectivity index (χ2n) is 13.0. The Morgan fingerprint density at radius 2 is 1.61 bits per heavy atom. The van der Waals surface area contributed by atoms with Crippen LogP contribution in [0.25, 0.3) is 0 Å². The molecule has 5 rings (SSSR count). The lowest BCUT2D eigenvalue weighted by Crippen LogP contribution is -2.69. The summed E-state index contributed by atoms with van der Waals surface area (Å²) >= 11 is 0. The van der Waals surface area contributed by atoms with Crippen LogP contribution in [0.15, 0.2) is 23.8 Å². The van der Waals surface area contributed by atoms with E-state index in [1.54, 1.807) is 0 Å². The summed E-state index contributed by atoms with van der Waals surface area (Å²) in [7, 11) is 0. The normalized spacial score (nSPS) is 53.9. The van der Waals surface area contributed by atoms with Gasteiger partial charge in [-0.2, -0.15) is 0 Å². The minimum atomic E-state index is -1.02. The maximum Gasteiger partial charge on any atom is 0.164 e. The van der Waals surface area contributed by atoms with Crippen LogP contribution in [0.5, 0.6) is 0 Å². The quantitative estimate of drug-likeness (QED) is 0.575. The zero-order valence-electron chi connectivity index (χ0n) is 21.7. The molecule has 0 aromatic heterocycles. The van der Waals surface area contributed by atoms with Gasteiger partial charge < -0.3 is 29.2 Å². The summed E-state index contributed by atoms with van der Waals surface area (Å²) in [4.78, 5) is 0. The largest absolute Gasteiger partial charge is 0.392 e. The number of hydrogen-bond acceptors (Lipinski definition) is 6. The zero-order valence-corrected chi connectivity index (χ0v) is 21.7. The minimum Gasteiger partial charge on any atom is -0.392 e. The molecule has 4 fully saturated rings. The molecule has 3 aliphatic carbocycles. The van der Waals surface area contributed by atoms with Gasteiger partial charge in [-0.3, -0.25) is 0 Å². The molecule has 2 heterocycles. The first-order valence-corrected chi connectivity index (χ1v) is 12.4. The van der Waals surface area contributed by atoms with Crippen molar-refractivity contribution in [3.05, 3.63) is 23.8 Å². The number of aliphatic hydroxyl groups excluding tert-OH is 1. The van der Waals surface area contributed by atoms with Gasteiger partial charge in [-0.15, -0.1) is 0 Å². The van der Waals surface area contributed by atoms with Crippen LogP contribution in [0.1, 0.15) is 68.7 Å². The highest BCUT2D eigenvalue weighted by Gasteiger charge is 2.82. The van der Waals surface area contributed by atoms with Crippen molar-refractivity contribution in [1.29, 1.82) is 0 Å². The summed E-state index contributed by atoms with van der Waals surface area (Å²) in [5.74, 6) is -1.91. The number of rotatable bonds is 1. The average molecular weight is 463 g/mol. The molecule has 0 radical (unpaired) electrons. The molecular weight excluding hydrogens is 420 g/mol. The topological polar surface area (TPSA) is 77.4 Å². The van der Waals surface area contributed by atoms with E-state index in [4.69, 9.17) is 18.9 Å². The fraction of sp³-hybridized carbons (Fsp3) is 0.852. The molecule has 2 saturated carbocycles. The summed E-state index contributed by atoms with van der Waals surface area (Å²) < 4.78 is 26.0. The number of hydrogen-bond donors (Lipinski definition) is 2. The molecular formula is C27H42O6. The predicted molar refractivity (Wildman–Crippen MR) is 124 cm³/mol. The molecule has 6 heteroatoms. The van der Waals surface area contributed by atoms with Gasteiger partial charge in [0.1, 0.15) is 17.8 Å². The molecule has 1 spiro atoms. The van der Waals surface area contributed by atoms with Gasteiger partial charge in [-0.25, -0.2) is 0 Å². The molecule has 186 valence electrons. The Bertz CT molecular complexity index is 920. The smallest absolute Gasteiger partial charge is 0.164 e. The Labute approximate surface area is 198 Å². The monoisotopic (exact) mass is 462 g/mol. The summed E-state index contributed by atoms with van der Waals surface area (Å²) in [6.07, 6.45) is 1.06. The van der Waals surface area contributed by atoms with Crippen molar-refractivity contribution >= 4 is 0 Å². The van der Waals surface area contributed by atoms with Gasteiger partial charge in [-0.1, -0.05) is 40.3 Å². The summed E-state index contributed by atoms with van der Waals surface area (Å²) in [5.41, 5.74) is -1.10. The minimum absolute atomic E-state index is 0.0113. The lowest BCUT2D eigenvalue weighted by Gasteiger charge is -2.56. The van der Waals surface area contributed by atoms with Crippen molar-refractivity contribution in [2.75, 3.05) is 6.61 Å². The molecule has 2 N–H and O–H groups in total. The first-order valence-electron chi connectivity index (χ1n) is 12.4. The molecule has 33 heavy (non-hydrogen) atoms. The van der Waals surface area contributed by atoms with Crippen molar-refractivity contribution < 1.29 is 29.2 Å². The van der Waals surface area contributed by atoms with Gasteiger partial charge >= 0.3 is 0 Å². The van der Waals surface area contributed by atoms with E-state index in [9.17, 15) is 10.2 Å². The van der Waals surface area contributed by atoms with E-state index in [2.05, 4.69) is 47.3 Å². The van der Waals surface area contributed by atoms with Crippen LogP contribution in [0, 0.1) is 28.6 Å². The molecule has 1 unspecified atom stereocenters. The van der Waals surface area contributed by atoms with Crippen LogP contribution in [0.3, 0.4) is 0 Å². The molecule has 0 aromatic rings. The van der Waals surface area contributed by atoms with Crippen molar-refractivity contribution in [1.82, 2.24) is 0 Å². The van der Waals surface area contributed by atoms with Gasteiger partial charge in [0.25, 0.3) is 0 Å². The van der Waals surface area contributed by atoms with E-state index in [-0.39, 0.29) is 23.2 Å². The predicted octanol–water partition coefficient (Wildman–Crippen LogP) is 3.95. The van der Waals surface area contributed by atoms with Crippen LogP contribution in [-0.2, 0) is 18.9 Å². The van der Waals surface area contributed by atoms with Crippen molar-refractivity contribution in [3.8, 4) is 0 Å². The Balaban J connectivity index is 1.73. The SMILES string of the molecule is C=C1COC(C)(C)O[C@H]1[C@]12OC(C)(C)O[C@H]1C(C)=C[C@]21C(O)[C@@H](C)[C@@H]2C(C)(C)[C@]2(O)C[C@H]1C. The average Bonchev–Trinajstić information content (AvgIpc) is 2.91. The molecule has 0 amide bonds. The first kappa shape index (κ1) is 24.0. The summed E-state index contributed by atoms with van der Waals surface area (Å²) in [6, 6.07) is 0. The maximum atomic E-state index is 12.3. The highest BCUT2D eigenvalue weighted by Crippen LogP contribution is 2.75. The van der Waals surface area contributed by atoms with Crippen molar-refractivity contribution in [3.63, 3.8) is 0 Å². The van der Waals surface area contributed by atoms with E-state index in [0.717, 1.165) is 11.1 Å². The van der Waals surface area contributed by atoms with Crippen molar-refractivity contribution in [2.24, 2.45) is 28.6 Å². The Morgan fingerprint density at radius 1 is 1.00 bits per heavy atom. The summed E-state index contributed by atoms with van der Waals surface area (Å²) in [6.45, 7) is 22.8. The highest BCUT2D eigenvalue weighted by atomic mass is 16.8.